The van der Waals surface area contributed by atoms with Crippen LogP contribution in [0.3, 0.4) is 0 Å². The highest BCUT2D eigenvalue weighted by Crippen LogP contribution is 2.32. The Labute approximate surface area is 169 Å². The molecule has 0 unspecified atom stereocenters. The molecular weight excluding hydrogens is 366 g/mol. The number of nitrogens with one attached hydrogen (secondary N) is 1. The van der Waals surface area contributed by atoms with Crippen LogP contribution in [0.15, 0.2) is 42.7 Å². The van der Waals surface area contributed by atoms with Gasteiger partial charge in [0, 0.05) is 36.8 Å². The Balaban J connectivity index is 1.34. The third-order valence-electron chi connectivity index (χ3n) is 6.13. The first-order valence-electron chi connectivity index (χ1n) is 10.0. The average Bonchev–Trinajstić information content (AvgIpc) is 3.32. The van der Waals surface area contributed by atoms with Crippen LogP contribution in [-0.2, 0) is 0 Å². The number of aromatic nitrogens is 4. The van der Waals surface area contributed by atoms with E-state index in [2.05, 4.69) is 32.6 Å². The molecule has 3 aromatic rings. The average molecular weight is 391 g/mol. The summed E-state index contributed by atoms with van der Waals surface area (Å²) in [6, 6.07) is 11.0. The summed E-state index contributed by atoms with van der Waals surface area (Å²) >= 11 is 0. The number of nitrogens with zero attached hydrogens (tertiary/aromatic N) is 5. The fraction of sp³-hybridized carbons (Fsp3) is 0.381. The summed E-state index contributed by atoms with van der Waals surface area (Å²) in [7, 11) is 2.10. The fourth-order valence-electron chi connectivity index (χ4n) is 4.54. The Hall–Kier alpha value is -3.13. The standard InChI is InChI=1S/C21H25N7O/c1-27(17-8-14-2-3-15(9-17)24-14)21-7-6-19(25-26-21)18-5-4-16(10-20(18)29)28-12-13(22)11-23-28/h4-7,10-12,14-15,17,24,29H,2-3,8-9,22H2,1H3/t14-,15+,17-. The van der Waals surface area contributed by atoms with Crippen molar-refractivity contribution in [2.75, 3.05) is 17.7 Å². The summed E-state index contributed by atoms with van der Waals surface area (Å²) in [4.78, 5) is 2.24. The van der Waals surface area contributed by atoms with Crippen LogP contribution in [0.5, 0.6) is 5.75 Å². The van der Waals surface area contributed by atoms with E-state index in [1.807, 2.05) is 24.3 Å². The van der Waals surface area contributed by atoms with Crippen molar-refractivity contribution in [3.63, 3.8) is 0 Å². The van der Waals surface area contributed by atoms with Crippen LogP contribution in [-0.4, -0.2) is 50.3 Å². The minimum absolute atomic E-state index is 0.127. The molecule has 150 valence electrons. The molecule has 0 radical (unpaired) electrons. The first kappa shape index (κ1) is 17.9. The van der Waals surface area contributed by atoms with Gasteiger partial charge >= 0.3 is 0 Å². The van der Waals surface area contributed by atoms with E-state index in [1.165, 1.54) is 12.8 Å². The lowest BCUT2D eigenvalue weighted by Crippen LogP contribution is -2.47. The minimum atomic E-state index is 0.127. The summed E-state index contributed by atoms with van der Waals surface area (Å²) in [5.41, 5.74) is 8.28. The maximum atomic E-state index is 10.5. The number of benzene rings is 1. The molecule has 8 nitrogen and oxygen atoms in total. The van der Waals surface area contributed by atoms with Crippen LogP contribution >= 0.6 is 0 Å². The van der Waals surface area contributed by atoms with Crippen molar-refractivity contribution < 1.29 is 5.11 Å². The number of hydrogen-bond acceptors (Lipinski definition) is 7. The van der Waals surface area contributed by atoms with Crippen molar-refractivity contribution in [1.29, 1.82) is 0 Å². The second-order valence-corrected chi connectivity index (χ2v) is 8.07. The number of hydrogen-bond donors (Lipinski definition) is 3. The number of nitrogen functional groups attached to an aromatic ring is 1. The van der Waals surface area contributed by atoms with E-state index < -0.39 is 0 Å². The zero-order chi connectivity index (χ0) is 20.0. The molecule has 3 atom stereocenters. The van der Waals surface area contributed by atoms with Gasteiger partial charge in [0.1, 0.15) is 5.75 Å². The smallest absolute Gasteiger partial charge is 0.151 e. The number of piperidine rings is 1. The van der Waals surface area contributed by atoms with Crippen molar-refractivity contribution in [3.05, 3.63) is 42.7 Å². The highest BCUT2D eigenvalue weighted by Gasteiger charge is 2.35. The van der Waals surface area contributed by atoms with Gasteiger partial charge in [-0.25, -0.2) is 4.68 Å². The Morgan fingerprint density at radius 3 is 2.55 bits per heavy atom. The number of phenols is 1. The molecule has 2 saturated heterocycles. The largest absolute Gasteiger partial charge is 0.507 e. The Bertz CT molecular complexity index is 1000. The van der Waals surface area contributed by atoms with Crippen molar-refractivity contribution in [3.8, 4) is 22.7 Å². The van der Waals surface area contributed by atoms with Gasteiger partial charge in [-0.2, -0.15) is 5.10 Å². The summed E-state index contributed by atoms with van der Waals surface area (Å²) in [5.74, 6) is 0.991. The lowest BCUT2D eigenvalue weighted by atomic mass is 9.98. The van der Waals surface area contributed by atoms with E-state index in [9.17, 15) is 5.11 Å². The Kier molecular flexibility index (Phi) is 4.35. The number of phenolic OH excluding ortho intramolecular Hbond substituents is 1. The highest BCUT2D eigenvalue weighted by atomic mass is 16.3. The van der Waals surface area contributed by atoms with Crippen LogP contribution in [0, 0.1) is 0 Å². The Morgan fingerprint density at radius 2 is 1.93 bits per heavy atom. The van der Waals surface area contributed by atoms with Crippen LogP contribution in [0.1, 0.15) is 25.7 Å². The molecule has 5 rings (SSSR count). The van der Waals surface area contributed by atoms with Crippen LogP contribution in [0.25, 0.3) is 16.9 Å². The van der Waals surface area contributed by atoms with Gasteiger partial charge in [0.05, 0.1) is 29.5 Å². The van der Waals surface area contributed by atoms with E-state index in [0.29, 0.717) is 35.1 Å². The lowest BCUT2D eigenvalue weighted by molar-refractivity contribution is 0.353. The molecule has 0 aliphatic carbocycles. The third-order valence-corrected chi connectivity index (χ3v) is 6.13. The molecule has 0 saturated carbocycles. The molecule has 2 aliphatic rings. The molecule has 29 heavy (non-hydrogen) atoms. The molecule has 4 N–H and O–H groups in total. The quantitative estimate of drug-likeness (QED) is 0.627. The van der Waals surface area contributed by atoms with Crippen LogP contribution < -0.4 is 16.0 Å². The highest BCUT2D eigenvalue weighted by molar-refractivity contribution is 5.69. The number of fused-ring (bicyclic) bond motifs is 2. The molecule has 4 heterocycles. The molecule has 2 aromatic heterocycles. The van der Waals surface area contributed by atoms with Gasteiger partial charge in [0.25, 0.3) is 0 Å². The molecule has 0 amide bonds. The van der Waals surface area contributed by atoms with E-state index in [0.717, 1.165) is 24.3 Å². The van der Waals surface area contributed by atoms with Crippen LogP contribution in [0.4, 0.5) is 11.5 Å². The van der Waals surface area contributed by atoms with Gasteiger partial charge in [-0.15, -0.1) is 10.2 Å². The summed E-state index contributed by atoms with van der Waals surface area (Å²) in [6.45, 7) is 0. The van der Waals surface area contributed by atoms with Gasteiger partial charge < -0.3 is 21.1 Å². The maximum absolute atomic E-state index is 10.5. The molecule has 2 aliphatic heterocycles. The number of anilines is 2. The zero-order valence-electron chi connectivity index (χ0n) is 16.4. The van der Waals surface area contributed by atoms with Crippen molar-refractivity contribution in [2.24, 2.45) is 0 Å². The first-order chi connectivity index (χ1) is 14.1. The van der Waals surface area contributed by atoms with Gasteiger partial charge in [0.2, 0.25) is 0 Å². The molecule has 2 fully saturated rings. The van der Waals surface area contributed by atoms with E-state index >= 15 is 0 Å². The predicted octanol–water partition coefficient (Wildman–Crippen LogP) is 2.34. The number of nitrogens with two attached hydrogens (primary N) is 1. The summed E-state index contributed by atoms with van der Waals surface area (Å²) < 4.78 is 1.62. The molecule has 8 heteroatoms. The van der Waals surface area contributed by atoms with Gasteiger partial charge in [-0.3, -0.25) is 0 Å². The molecule has 0 spiro atoms. The maximum Gasteiger partial charge on any atom is 0.151 e. The molecule has 1 aromatic carbocycles. The zero-order valence-corrected chi connectivity index (χ0v) is 16.4. The second-order valence-electron chi connectivity index (χ2n) is 8.07. The van der Waals surface area contributed by atoms with Gasteiger partial charge in [-0.05, 0) is 49.9 Å². The predicted molar refractivity (Wildman–Crippen MR) is 112 cm³/mol. The van der Waals surface area contributed by atoms with Crippen molar-refractivity contribution >= 4 is 11.5 Å². The lowest BCUT2D eigenvalue weighted by Gasteiger charge is -2.36. The van der Waals surface area contributed by atoms with Gasteiger partial charge in [-0.1, -0.05) is 0 Å². The normalized spacial score (nSPS) is 23.3. The van der Waals surface area contributed by atoms with E-state index in [1.54, 1.807) is 23.1 Å². The third kappa shape index (κ3) is 3.40. The van der Waals surface area contributed by atoms with Gasteiger partial charge in [0.15, 0.2) is 5.82 Å². The minimum Gasteiger partial charge on any atom is -0.507 e. The number of aromatic hydroxyl groups is 1. The number of rotatable bonds is 4. The molecule has 2 bridgehead atoms. The van der Waals surface area contributed by atoms with E-state index in [4.69, 9.17) is 5.73 Å². The van der Waals surface area contributed by atoms with E-state index in [-0.39, 0.29) is 5.75 Å². The Morgan fingerprint density at radius 1 is 1.14 bits per heavy atom. The fourth-order valence-corrected chi connectivity index (χ4v) is 4.54. The molecular formula is C21H25N7O. The topological polar surface area (TPSA) is 105 Å². The summed E-state index contributed by atoms with van der Waals surface area (Å²) in [5, 5.41) is 27.2. The van der Waals surface area contributed by atoms with Crippen molar-refractivity contribution in [2.45, 2.75) is 43.8 Å². The van der Waals surface area contributed by atoms with Crippen molar-refractivity contribution in [1.82, 2.24) is 25.3 Å². The van der Waals surface area contributed by atoms with Crippen LogP contribution in [0.2, 0.25) is 0 Å². The monoisotopic (exact) mass is 391 g/mol. The first-order valence-corrected chi connectivity index (χ1v) is 10.0. The second kappa shape index (κ2) is 7.04. The summed E-state index contributed by atoms with van der Waals surface area (Å²) in [6.07, 6.45) is 8.12. The SMILES string of the molecule is CN(c1ccc(-c2ccc(-n3cc(N)cn3)cc2O)nn1)[C@@H]1C[C@H]2CC[C@@H](C1)N2.